The molecule has 6 nitrogen and oxygen atoms in total. The average Bonchev–Trinajstić information content (AvgIpc) is 3.40. The van der Waals surface area contributed by atoms with Gasteiger partial charge in [-0.25, -0.2) is 4.39 Å². The molecule has 0 bridgehead atoms. The SMILES string of the molecule is COc1ccc2[nH]cc(CCN3C(=O)C(=O)C(=C(O)c4ccc(F)cc4)[C@H]3c3ccccc3)c2c1. The summed E-state index contributed by atoms with van der Waals surface area (Å²) in [5, 5.41) is 12.0. The van der Waals surface area contributed by atoms with Gasteiger partial charge in [-0.15, -0.1) is 0 Å². The van der Waals surface area contributed by atoms with E-state index in [0.717, 1.165) is 22.2 Å². The van der Waals surface area contributed by atoms with Crippen molar-refractivity contribution in [3.05, 3.63) is 107 Å². The van der Waals surface area contributed by atoms with E-state index in [1.165, 1.54) is 29.2 Å². The van der Waals surface area contributed by atoms with Crippen molar-refractivity contribution in [3.63, 3.8) is 0 Å². The van der Waals surface area contributed by atoms with Gasteiger partial charge in [-0.3, -0.25) is 9.59 Å². The number of benzene rings is 3. The number of hydrogen-bond acceptors (Lipinski definition) is 4. The highest BCUT2D eigenvalue weighted by molar-refractivity contribution is 6.46. The van der Waals surface area contributed by atoms with Crippen LogP contribution in [-0.2, 0) is 16.0 Å². The number of halogens is 1. The maximum atomic E-state index is 13.4. The van der Waals surface area contributed by atoms with Crippen molar-refractivity contribution < 1.29 is 23.8 Å². The second-order valence-corrected chi connectivity index (χ2v) is 8.39. The van der Waals surface area contributed by atoms with Crippen LogP contribution in [0.2, 0.25) is 0 Å². The molecule has 1 aliphatic heterocycles. The third kappa shape index (κ3) is 4.05. The fourth-order valence-electron chi connectivity index (χ4n) is 4.59. The summed E-state index contributed by atoms with van der Waals surface area (Å²) >= 11 is 0. The van der Waals surface area contributed by atoms with Crippen LogP contribution in [0.1, 0.15) is 22.7 Å². The van der Waals surface area contributed by atoms with Gasteiger partial charge in [0.25, 0.3) is 11.7 Å². The van der Waals surface area contributed by atoms with E-state index in [-0.39, 0.29) is 23.4 Å². The number of rotatable bonds is 6. The van der Waals surface area contributed by atoms with Crippen LogP contribution < -0.4 is 4.74 Å². The summed E-state index contributed by atoms with van der Waals surface area (Å²) in [5.74, 6) is -1.50. The number of amides is 1. The fraction of sp³-hybridized carbons (Fsp3) is 0.143. The predicted molar refractivity (Wildman–Crippen MR) is 130 cm³/mol. The Bertz CT molecular complexity index is 1440. The van der Waals surface area contributed by atoms with Crippen LogP contribution in [0.25, 0.3) is 16.7 Å². The van der Waals surface area contributed by atoms with E-state index in [9.17, 15) is 19.1 Å². The lowest BCUT2D eigenvalue weighted by molar-refractivity contribution is -0.139. The van der Waals surface area contributed by atoms with E-state index in [1.807, 2.05) is 54.7 Å². The molecule has 2 N–H and O–H groups in total. The standard InChI is InChI=1S/C28H23FN2O4/c1-35-21-11-12-23-22(15-21)19(16-30-23)13-14-31-25(17-5-3-2-4-6-17)24(27(33)28(31)34)26(32)18-7-9-20(29)10-8-18/h2-12,15-16,25,30,32H,13-14H2,1H3/t25-/m1/s1. The molecule has 2 heterocycles. The number of aliphatic hydroxyl groups is 1. The van der Waals surface area contributed by atoms with Crippen molar-refractivity contribution in [1.29, 1.82) is 0 Å². The normalized spacial score (nSPS) is 17.3. The van der Waals surface area contributed by atoms with Crippen molar-refractivity contribution in [1.82, 2.24) is 9.88 Å². The number of Topliss-reactive ketones (excluding diaryl/α,β-unsaturated/α-hetero) is 1. The highest BCUT2D eigenvalue weighted by Crippen LogP contribution is 2.39. The summed E-state index contributed by atoms with van der Waals surface area (Å²) in [6.07, 6.45) is 2.37. The fourth-order valence-corrected chi connectivity index (χ4v) is 4.59. The van der Waals surface area contributed by atoms with Gasteiger partial charge >= 0.3 is 0 Å². The molecule has 0 saturated carbocycles. The second-order valence-electron chi connectivity index (χ2n) is 8.39. The predicted octanol–water partition coefficient (Wildman–Crippen LogP) is 4.98. The quantitative estimate of drug-likeness (QED) is 0.237. The summed E-state index contributed by atoms with van der Waals surface area (Å²) in [5.41, 5.74) is 2.89. The third-order valence-electron chi connectivity index (χ3n) is 6.37. The van der Waals surface area contributed by atoms with Gasteiger partial charge in [-0.2, -0.15) is 0 Å². The number of methoxy groups -OCH3 is 1. The van der Waals surface area contributed by atoms with Crippen LogP contribution in [0.5, 0.6) is 5.75 Å². The minimum atomic E-state index is -0.763. The van der Waals surface area contributed by atoms with Gasteiger partial charge < -0.3 is 19.7 Å². The summed E-state index contributed by atoms with van der Waals surface area (Å²) in [4.78, 5) is 31.0. The van der Waals surface area contributed by atoms with Gasteiger partial charge in [0.15, 0.2) is 0 Å². The Morgan fingerprint density at radius 3 is 2.51 bits per heavy atom. The molecule has 1 aromatic heterocycles. The molecule has 5 rings (SSSR count). The minimum Gasteiger partial charge on any atom is -0.507 e. The van der Waals surface area contributed by atoms with Crippen molar-refractivity contribution in [3.8, 4) is 5.75 Å². The van der Waals surface area contributed by atoms with Gasteiger partial charge in [0.2, 0.25) is 0 Å². The van der Waals surface area contributed by atoms with E-state index < -0.39 is 23.5 Å². The molecule has 1 saturated heterocycles. The topological polar surface area (TPSA) is 82.6 Å². The first-order valence-corrected chi connectivity index (χ1v) is 11.2. The molecule has 1 aliphatic rings. The van der Waals surface area contributed by atoms with E-state index >= 15 is 0 Å². The molecule has 3 aromatic carbocycles. The highest BCUT2D eigenvalue weighted by atomic mass is 19.1. The maximum absolute atomic E-state index is 13.4. The number of nitrogens with one attached hydrogen (secondary N) is 1. The maximum Gasteiger partial charge on any atom is 0.295 e. The van der Waals surface area contributed by atoms with Gasteiger partial charge in [-0.1, -0.05) is 30.3 Å². The van der Waals surface area contributed by atoms with Crippen molar-refractivity contribution >= 4 is 28.4 Å². The number of ether oxygens (including phenoxy) is 1. The van der Waals surface area contributed by atoms with Gasteiger partial charge in [0, 0.05) is 29.2 Å². The highest BCUT2D eigenvalue weighted by Gasteiger charge is 2.45. The Hall–Kier alpha value is -4.39. The smallest absolute Gasteiger partial charge is 0.295 e. The largest absolute Gasteiger partial charge is 0.507 e. The third-order valence-corrected chi connectivity index (χ3v) is 6.37. The zero-order chi connectivity index (χ0) is 24.5. The number of ketones is 1. The first-order chi connectivity index (χ1) is 17.0. The molecule has 0 radical (unpaired) electrons. The van der Waals surface area contributed by atoms with E-state index in [1.54, 1.807) is 7.11 Å². The van der Waals surface area contributed by atoms with Crippen LogP contribution in [-0.4, -0.2) is 40.3 Å². The number of hydrogen-bond donors (Lipinski definition) is 2. The number of H-pyrrole nitrogens is 1. The van der Waals surface area contributed by atoms with E-state index in [4.69, 9.17) is 4.74 Å². The molecule has 0 unspecified atom stereocenters. The molecule has 35 heavy (non-hydrogen) atoms. The van der Waals surface area contributed by atoms with Crippen LogP contribution in [0.3, 0.4) is 0 Å². The number of carbonyl (C=O) groups excluding carboxylic acids is 2. The Morgan fingerprint density at radius 1 is 1.06 bits per heavy atom. The number of likely N-dealkylation sites (tertiary alicyclic amines) is 1. The Labute approximate surface area is 201 Å². The van der Waals surface area contributed by atoms with Crippen LogP contribution in [0.15, 0.2) is 84.6 Å². The molecule has 0 spiro atoms. The summed E-state index contributed by atoms with van der Waals surface area (Å²) in [6.45, 7) is 0.258. The summed E-state index contributed by atoms with van der Waals surface area (Å²) in [7, 11) is 1.61. The number of fused-ring (bicyclic) bond motifs is 1. The molecule has 1 fully saturated rings. The number of aromatic amines is 1. The monoisotopic (exact) mass is 470 g/mol. The number of carbonyl (C=O) groups is 2. The zero-order valence-corrected chi connectivity index (χ0v) is 19.0. The van der Waals surface area contributed by atoms with Crippen LogP contribution >= 0.6 is 0 Å². The molecule has 7 heteroatoms. The van der Waals surface area contributed by atoms with Gasteiger partial charge in [0.1, 0.15) is 17.3 Å². The first kappa shape index (κ1) is 22.4. The van der Waals surface area contributed by atoms with Gasteiger partial charge in [0.05, 0.1) is 18.7 Å². The molecular weight excluding hydrogens is 447 g/mol. The summed E-state index contributed by atoms with van der Waals surface area (Å²) < 4.78 is 18.8. The number of aliphatic hydroxyl groups excluding tert-OH is 1. The molecule has 1 amide bonds. The molecular formula is C28H23FN2O4. The zero-order valence-electron chi connectivity index (χ0n) is 19.0. The minimum absolute atomic E-state index is 0.00611. The van der Waals surface area contributed by atoms with Crippen LogP contribution in [0.4, 0.5) is 4.39 Å². The second kappa shape index (κ2) is 9.10. The molecule has 1 atom stereocenters. The Kier molecular flexibility index (Phi) is 5.82. The van der Waals surface area contributed by atoms with Crippen molar-refractivity contribution in [2.75, 3.05) is 13.7 Å². The lowest BCUT2D eigenvalue weighted by Crippen LogP contribution is -2.31. The Morgan fingerprint density at radius 2 is 1.80 bits per heavy atom. The van der Waals surface area contributed by atoms with Crippen molar-refractivity contribution in [2.45, 2.75) is 12.5 Å². The van der Waals surface area contributed by atoms with Gasteiger partial charge in [-0.05, 0) is 60.0 Å². The number of aromatic nitrogens is 1. The van der Waals surface area contributed by atoms with E-state index in [2.05, 4.69) is 4.98 Å². The summed E-state index contributed by atoms with van der Waals surface area (Å²) in [6, 6.07) is 19.3. The average molecular weight is 471 g/mol. The lowest BCUT2D eigenvalue weighted by Gasteiger charge is -2.25. The molecule has 4 aromatic rings. The Balaban J connectivity index is 1.54. The van der Waals surface area contributed by atoms with Crippen LogP contribution in [0, 0.1) is 5.82 Å². The van der Waals surface area contributed by atoms with Crippen molar-refractivity contribution in [2.24, 2.45) is 0 Å². The number of nitrogens with zero attached hydrogens (tertiary/aromatic N) is 1. The first-order valence-electron chi connectivity index (χ1n) is 11.2. The molecule has 176 valence electrons. The van der Waals surface area contributed by atoms with E-state index in [0.29, 0.717) is 12.0 Å². The molecule has 0 aliphatic carbocycles. The lowest BCUT2D eigenvalue weighted by atomic mass is 9.95.